The summed E-state index contributed by atoms with van der Waals surface area (Å²) in [5.74, 6) is 1.02. The minimum atomic E-state index is 0.0682. The van der Waals surface area contributed by atoms with Crippen LogP contribution in [0.4, 0.5) is 0 Å². The van der Waals surface area contributed by atoms with Crippen LogP contribution in [0.15, 0.2) is 48.7 Å². The molecule has 0 N–H and O–H groups in total. The molecule has 0 spiro atoms. The summed E-state index contributed by atoms with van der Waals surface area (Å²) >= 11 is 0. The average molecular weight is 252 g/mol. The predicted molar refractivity (Wildman–Crippen MR) is 72.9 cm³/mol. The van der Waals surface area contributed by atoms with E-state index >= 15 is 0 Å². The Morgan fingerprint density at radius 2 is 1.84 bits per heavy atom. The highest BCUT2D eigenvalue weighted by Gasteiger charge is 2.20. The van der Waals surface area contributed by atoms with Crippen molar-refractivity contribution in [1.82, 2.24) is 4.40 Å². The van der Waals surface area contributed by atoms with Gasteiger partial charge in [0, 0.05) is 0 Å². The topological polar surface area (TPSA) is 31.3 Å². The maximum atomic E-state index is 12.4. The molecule has 0 saturated carbocycles. The Balaban J connectivity index is 2.36. The highest BCUT2D eigenvalue weighted by molar-refractivity contribution is 5.63. The minimum absolute atomic E-state index is 0.0682. The van der Waals surface area contributed by atoms with E-state index < -0.39 is 0 Å². The molecule has 0 atom stereocenters. The molecule has 0 radical (unpaired) electrons. The van der Waals surface area contributed by atoms with E-state index in [0.29, 0.717) is 6.54 Å². The molecule has 0 amide bonds. The molecule has 96 valence electrons. The van der Waals surface area contributed by atoms with Crippen molar-refractivity contribution >= 4 is 5.52 Å². The van der Waals surface area contributed by atoms with Gasteiger partial charge >= 0.3 is 0 Å². The van der Waals surface area contributed by atoms with Gasteiger partial charge in [-0.1, -0.05) is 23.8 Å². The zero-order chi connectivity index (χ0) is 13.4. The van der Waals surface area contributed by atoms with Crippen LogP contribution < -0.4 is 9.67 Å². The Labute approximate surface area is 112 Å². The number of aromatic nitrogens is 2. The van der Waals surface area contributed by atoms with Crippen molar-refractivity contribution < 1.29 is 9.67 Å². The van der Waals surface area contributed by atoms with Gasteiger partial charge in [-0.3, -0.25) is 0 Å². The van der Waals surface area contributed by atoms with Crippen LogP contribution in [0, 0.1) is 6.92 Å². The fourth-order valence-electron chi connectivity index (χ4n) is 2.46. The SMILES string of the molecule is CC[n+]1c([O-])c2ccccn2c1-c1ccc(C)cc1. The van der Waals surface area contributed by atoms with Crippen molar-refractivity contribution in [2.24, 2.45) is 0 Å². The van der Waals surface area contributed by atoms with Gasteiger partial charge in [-0.2, -0.15) is 4.40 Å². The number of rotatable bonds is 2. The molecule has 2 aromatic heterocycles. The molecule has 1 aromatic carbocycles. The zero-order valence-corrected chi connectivity index (χ0v) is 11.1. The lowest BCUT2D eigenvalue weighted by molar-refractivity contribution is -0.720. The summed E-state index contributed by atoms with van der Waals surface area (Å²) in [4.78, 5) is 0. The van der Waals surface area contributed by atoms with E-state index in [1.54, 1.807) is 0 Å². The smallest absolute Gasteiger partial charge is 0.293 e. The molecule has 3 nitrogen and oxygen atoms in total. The Kier molecular flexibility index (Phi) is 2.75. The maximum Gasteiger partial charge on any atom is 0.293 e. The highest BCUT2D eigenvalue weighted by atomic mass is 16.3. The van der Waals surface area contributed by atoms with Gasteiger partial charge in [0.1, 0.15) is 5.88 Å². The Morgan fingerprint density at radius 1 is 1.11 bits per heavy atom. The lowest BCUT2D eigenvalue weighted by atomic mass is 10.1. The van der Waals surface area contributed by atoms with Crippen molar-refractivity contribution in [3.8, 4) is 17.3 Å². The van der Waals surface area contributed by atoms with E-state index in [1.165, 1.54) is 5.56 Å². The highest BCUT2D eigenvalue weighted by Crippen LogP contribution is 2.23. The number of hydrogen-bond acceptors (Lipinski definition) is 1. The van der Waals surface area contributed by atoms with Crippen molar-refractivity contribution in [2.45, 2.75) is 20.4 Å². The molecule has 0 saturated heterocycles. The largest absolute Gasteiger partial charge is 0.839 e. The molecular weight excluding hydrogens is 236 g/mol. The van der Waals surface area contributed by atoms with Crippen LogP contribution in [0.1, 0.15) is 12.5 Å². The first-order chi connectivity index (χ1) is 9.22. The molecule has 0 aliphatic rings. The van der Waals surface area contributed by atoms with Crippen LogP contribution in [0.3, 0.4) is 0 Å². The van der Waals surface area contributed by atoms with Gasteiger partial charge in [-0.25, -0.2) is 4.57 Å². The van der Waals surface area contributed by atoms with E-state index in [2.05, 4.69) is 31.2 Å². The summed E-state index contributed by atoms with van der Waals surface area (Å²) in [5.41, 5.74) is 3.01. The van der Waals surface area contributed by atoms with Crippen LogP contribution >= 0.6 is 0 Å². The molecule has 0 aliphatic heterocycles. The Morgan fingerprint density at radius 3 is 2.53 bits per heavy atom. The van der Waals surface area contributed by atoms with Crippen molar-refractivity contribution in [1.29, 1.82) is 0 Å². The van der Waals surface area contributed by atoms with Gasteiger partial charge < -0.3 is 5.11 Å². The Hall–Kier alpha value is -2.29. The summed E-state index contributed by atoms with van der Waals surface area (Å²) in [6, 6.07) is 14.0. The molecule has 0 fully saturated rings. The molecular formula is C16H16N2O. The summed E-state index contributed by atoms with van der Waals surface area (Å²) in [6.07, 6.45) is 1.94. The lowest BCUT2D eigenvalue weighted by Crippen LogP contribution is -2.36. The second-order valence-corrected chi connectivity index (χ2v) is 4.69. The second kappa shape index (κ2) is 4.43. The predicted octanol–water partition coefficient (Wildman–Crippen LogP) is 2.30. The van der Waals surface area contributed by atoms with Crippen molar-refractivity contribution in [3.63, 3.8) is 0 Å². The monoisotopic (exact) mass is 252 g/mol. The first-order valence-electron chi connectivity index (χ1n) is 6.49. The van der Waals surface area contributed by atoms with E-state index in [4.69, 9.17) is 0 Å². The molecule has 0 unspecified atom stereocenters. The number of fused-ring (bicyclic) bond motifs is 1. The molecule has 0 aliphatic carbocycles. The first-order valence-corrected chi connectivity index (χ1v) is 6.49. The van der Waals surface area contributed by atoms with Crippen LogP contribution in [0.2, 0.25) is 0 Å². The number of imidazole rings is 1. The summed E-state index contributed by atoms with van der Waals surface area (Å²) < 4.78 is 3.79. The number of hydrogen-bond donors (Lipinski definition) is 0. The van der Waals surface area contributed by atoms with Crippen LogP contribution in [-0.4, -0.2) is 4.40 Å². The minimum Gasteiger partial charge on any atom is -0.839 e. The van der Waals surface area contributed by atoms with Gasteiger partial charge in [0.2, 0.25) is 0 Å². The molecule has 0 bridgehead atoms. The molecule has 2 heterocycles. The summed E-state index contributed by atoms with van der Waals surface area (Å²) in [6.45, 7) is 4.73. The van der Waals surface area contributed by atoms with Gasteiger partial charge in [0.15, 0.2) is 5.52 Å². The third kappa shape index (κ3) is 1.78. The third-order valence-corrected chi connectivity index (χ3v) is 3.43. The van der Waals surface area contributed by atoms with Crippen molar-refractivity contribution in [3.05, 3.63) is 54.2 Å². The van der Waals surface area contributed by atoms with Gasteiger partial charge in [0.05, 0.1) is 18.3 Å². The second-order valence-electron chi connectivity index (χ2n) is 4.69. The standard InChI is InChI=1S/C16H16N2O/c1-3-17-15(13-9-7-12(2)8-10-13)18-11-5-4-6-14(18)16(17)19/h4-11H,3H2,1-2H3. The fourth-order valence-corrected chi connectivity index (χ4v) is 2.46. The molecule has 3 heteroatoms. The summed E-state index contributed by atoms with van der Waals surface area (Å²) in [7, 11) is 0. The molecule has 19 heavy (non-hydrogen) atoms. The van der Waals surface area contributed by atoms with E-state index in [0.717, 1.165) is 16.9 Å². The van der Waals surface area contributed by atoms with E-state index in [1.807, 2.05) is 40.3 Å². The van der Waals surface area contributed by atoms with E-state index in [9.17, 15) is 5.11 Å². The van der Waals surface area contributed by atoms with Crippen LogP contribution in [-0.2, 0) is 6.54 Å². The van der Waals surface area contributed by atoms with Crippen LogP contribution in [0.5, 0.6) is 5.88 Å². The number of nitrogens with zero attached hydrogens (tertiary/aromatic N) is 2. The lowest BCUT2D eigenvalue weighted by Gasteiger charge is -2.04. The average Bonchev–Trinajstić information content (AvgIpc) is 2.73. The number of benzene rings is 1. The molecule has 3 rings (SSSR count). The number of pyridine rings is 1. The van der Waals surface area contributed by atoms with Gasteiger partial charge in [-0.05, 0) is 38.1 Å². The Bertz CT molecular complexity index is 726. The van der Waals surface area contributed by atoms with E-state index in [-0.39, 0.29) is 5.88 Å². The maximum absolute atomic E-state index is 12.4. The number of aryl methyl sites for hydroxylation is 1. The van der Waals surface area contributed by atoms with Crippen LogP contribution in [0.25, 0.3) is 16.9 Å². The zero-order valence-electron chi connectivity index (χ0n) is 11.1. The molecule has 3 aromatic rings. The summed E-state index contributed by atoms with van der Waals surface area (Å²) in [5, 5.41) is 12.4. The van der Waals surface area contributed by atoms with Gasteiger partial charge in [0.25, 0.3) is 5.82 Å². The third-order valence-electron chi connectivity index (χ3n) is 3.43. The first kappa shape index (κ1) is 11.8. The van der Waals surface area contributed by atoms with Gasteiger partial charge in [-0.15, -0.1) is 0 Å². The quantitative estimate of drug-likeness (QED) is 0.644. The normalized spacial score (nSPS) is 11.1. The van der Waals surface area contributed by atoms with Crippen molar-refractivity contribution in [2.75, 3.05) is 0 Å². The fraction of sp³-hybridized carbons (Fsp3) is 0.188.